The summed E-state index contributed by atoms with van der Waals surface area (Å²) in [5.41, 5.74) is 0. The van der Waals surface area contributed by atoms with E-state index in [2.05, 4.69) is 10.3 Å². The molecule has 27 heavy (non-hydrogen) atoms. The molecule has 0 amide bonds. The average Bonchev–Trinajstić information content (AvgIpc) is 3.11. The van der Waals surface area contributed by atoms with E-state index in [9.17, 15) is 8.42 Å². The second-order valence-corrected chi connectivity index (χ2v) is 8.14. The van der Waals surface area contributed by atoms with Crippen LogP contribution in [0.2, 0.25) is 0 Å². The minimum atomic E-state index is -3.64. The van der Waals surface area contributed by atoms with Crippen molar-refractivity contribution in [3.05, 3.63) is 42.5 Å². The average molecular weight is 394 g/mol. The molecule has 3 rings (SSSR count). The van der Waals surface area contributed by atoms with Gasteiger partial charge >= 0.3 is 0 Å². The largest absolute Gasteiger partial charge is 0.491 e. The van der Waals surface area contributed by atoms with E-state index in [1.807, 2.05) is 24.7 Å². The molecule has 1 saturated heterocycles. The molecule has 1 unspecified atom stereocenters. The highest BCUT2D eigenvalue weighted by Crippen LogP contribution is 2.28. The maximum absolute atomic E-state index is 13.2. The Labute approximate surface area is 160 Å². The summed E-state index contributed by atoms with van der Waals surface area (Å²) in [5, 5.41) is 3.26. The highest BCUT2D eigenvalue weighted by molar-refractivity contribution is 7.89. The highest BCUT2D eigenvalue weighted by Gasteiger charge is 2.36. The highest BCUT2D eigenvalue weighted by atomic mass is 32.2. The second kappa shape index (κ2) is 8.83. The molecule has 0 spiro atoms. The zero-order valence-corrected chi connectivity index (χ0v) is 16.5. The summed E-state index contributed by atoms with van der Waals surface area (Å²) in [4.78, 5) is 4.60. The maximum Gasteiger partial charge on any atom is 0.243 e. The molecule has 0 bridgehead atoms. The van der Waals surface area contributed by atoms with Gasteiger partial charge in [-0.05, 0) is 31.2 Å². The van der Waals surface area contributed by atoms with E-state index in [0.717, 1.165) is 5.82 Å². The van der Waals surface area contributed by atoms with Crippen molar-refractivity contribution in [2.75, 3.05) is 39.5 Å². The molecule has 0 aliphatic carbocycles. The number of nitrogens with one attached hydrogen (secondary N) is 1. The number of aromatic nitrogens is 2. The van der Waals surface area contributed by atoms with Crippen molar-refractivity contribution in [1.82, 2.24) is 19.2 Å². The van der Waals surface area contributed by atoms with E-state index < -0.39 is 10.0 Å². The van der Waals surface area contributed by atoms with Gasteiger partial charge in [0, 0.05) is 45.7 Å². The third-order valence-corrected chi connectivity index (χ3v) is 6.40. The van der Waals surface area contributed by atoms with E-state index in [0.29, 0.717) is 45.2 Å². The van der Waals surface area contributed by atoms with Crippen LogP contribution in [0.3, 0.4) is 0 Å². The lowest BCUT2D eigenvalue weighted by Gasteiger charge is -2.34. The summed E-state index contributed by atoms with van der Waals surface area (Å²) < 4.78 is 40.6. The molecule has 9 heteroatoms. The number of hydrogen-bond donors (Lipinski definition) is 1. The van der Waals surface area contributed by atoms with Crippen LogP contribution in [0.4, 0.5) is 0 Å². The molecule has 1 aliphatic heterocycles. The lowest BCUT2D eigenvalue weighted by molar-refractivity contribution is 0.110. The van der Waals surface area contributed by atoms with Crippen molar-refractivity contribution in [1.29, 1.82) is 0 Å². The number of benzene rings is 1. The van der Waals surface area contributed by atoms with E-state index in [4.69, 9.17) is 9.47 Å². The minimum Gasteiger partial charge on any atom is -0.491 e. The van der Waals surface area contributed by atoms with Crippen molar-refractivity contribution in [2.45, 2.75) is 17.9 Å². The van der Waals surface area contributed by atoms with Gasteiger partial charge in [0.05, 0.1) is 17.5 Å². The molecule has 8 nitrogen and oxygen atoms in total. The quantitative estimate of drug-likeness (QED) is 0.677. The molecular weight excluding hydrogens is 368 g/mol. The van der Waals surface area contributed by atoms with Crippen LogP contribution < -0.4 is 10.1 Å². The molecule has 1 fully saturated rings. The SMILES string of the molecule is CCOCCOc1ccc(S(=O)(=O)N2CCNCC2c2nccn2C)cc1. The molecular formula is C18H26N4O4S. The van der Waals surface area contributed by atoms with Gasteiger partial charge in [0.2, 0.25) is 10.0 Å². The fourth-order valence-corrected chi connectivity index (χ4v) is 4.68. The van der Waals surface area contributed by atoms with E-state index >= 15 is 0 Å². The predicted octanol–water partition coefficient (Wildman–Crippen LogP) is 1.17. The molecule has 148 valence electrons. The Kier molecular flexibility index (Phi) is 6.48. The van der Waals surface area contributed by atoms with Crippen LogP contribution in [0.1, 0.15) is 18.8 Å². The van der Waals surface area contributed by atoms with Gasteiger partial charge in [-0.2, -0.15) is 4.31 Å². The molecule has 2 heterocycles. The lowest BCUT2D eigenvalue weighted by atomic mass is 10.2. The molecule has 1 aromatic carbocycles. The number of sulfonamides is 1. The van der Waals surface area contributed by atoms with Crippen LogP contribution in [0.25, 0.3) is 0 Å². The van der Waals surface area contributed by atoms with Crippen LogP contribution in [0.15, 0.2) is 41.6 Å². The van der Waals surface area contributed by atoms with Crippen molar-refractivity contribution >= 4 is 10.0 Å². The van der Waals surface area contributed by atoms with Crippen LogP contribution in [-0.2, 0) is 21.8 Å². The van der Waals surface area contributed by atoms with Crippen LogP contribution in [0, 0.1) is 0 Å². The number of nitrogens with zero attached hydrogens (tertiary/aromatic N) is 3. The number of rotatable bonds is 8. The fraction of sp³-hybridized carbons (Fsp3) is 0.500. The number of aryl methyl sites for hydroxylation is 1. The summed E-state index contributed by atoms with van der Waals surface area (Å²) in [6.45, 7) is 5.03. The number of ether oxygens (including phenoxy) is 2. The molecule has 1 atom stereocenters. The standard InChI is InChI=1S/C18H26N4O4S/c1-3-25-12-13-26-15-4-6-16(7-5-15)27(23,24)22-11-8-19-14-17(22)18-20-9-10-21(18)2/h4-7,9-10,17,19H,3,8,11-14H2,1-2H3. The summed E-state index contributed by atoms with van der Waals surface area (Å²) in [5.74, 6) is 1.34. The summed E-state index contributed by atoms with van der Waals surface area (Å²) >= 11 is 0. The first-order valence-corrected chi connectivity index (χ1v) is 10.5. The Morgan fingerprint density at radius 1 is 1.26 bits per heavy atom. The van der Waals surface area contributed by atoms with Crippen molar-refractivity contribution < 1.29 is 17.9 Å². The smallest absolute Gasteiger partial charge is 0.243 e. The van der Waals surface area contributed by atoms with Crippen LogP contribution in [0.5, 0.6) is 5.75 Å². The normalized spacial score (nSPS) is 18.5. The van der Waals surface area contributed by atoms with Gasteiger partial charge in [-0.3, -0.25) is 0 Å². The molecule has 2 aromatic rings. The van der Waals surface area contributed by atoms with Crippen LogP contribution in [-0.4, -0.2) is 61.7 Å². The van der Waals surface area contributed by atoms with Gasteiger partial charge in [0.1, 0.15) is 18.2 Å². The van der Waals surface area contributed by atoms with Gasteiger partial charge in [-0.1, -0.05) is 0 Å². The molecule has 0 radical (unpaired) electrons. The van der Waals surface area contributed by atoms with Crippen molar-refractivity contribution in [2.24, 2.45) is 7.05 Å². The summed E-state index contributed by atoms with van der Waals surface area (Å²) in [7, 11) is -1.77. The third kappa shape index (κ3) is 4.49. The molecule has 1 aromatic heterocycles. The first kappa shape index (κ1) is 19.8. The van der Waals surface area contributed by atoms with Gasteiger partial charge in [0.25, 0.3) is 0 Å². The van der Waals surface area contributed by atoms with Crippen molar-refractivity contribution in [3.8, 4) is 5.75 Å². The Morgan fingerprint density at radius 3 is 2.70 bits per heavy atom. The zero-order valence-electron chi connectivity index (χ0n) is 15.7. The second-order valence-electron chi connectivity index (χ2n) is 6.25. The molecule has 0 saturated carbocycles. The van der Waals surface area contributed by atoms with Gasteiger partial charge in [0.15, 0.2) is 0 Å². The third-order valence-electron chi connectivity index (χ3n) is 4.48. The van der Waals surface area contributed by atoms with Gasteiger partial charge < -0.3 is 19.4 Å². The Bertz CT molecular complexity index is 835. The first-order chi connectivity index (χ1) is 13.0. The van der Waals surface area contributed by atoms with E-state index in [1.165, 1.54) is 4.31 Å². The van der Waals surface area contributed by atoms with Gasteiger partial charge in [-0.15, -0.1) is 0 Å². The van der Waals surface area contributed by atoms with Gasteiger partial charge in [-0.25, -0.2) is 13.4 Å². The van der Waals surface area contributed by atoms with Crippen molar-refractivity contribution in [3.63, 3.8) is 0 Å². The number of imidazole rings is 1. The summed E-state index contributed by atoms with van der Waals surface area (Å²) in [6, 6.07) is 6.19. The molecule has 1 N–H and O–H groups in total. The Balaban J connectivity index is 1.77. The predicted molar refractivity (Wildman–Crippen MR) is 101 cm³/mol. The topological polar surface area (TPSA) is 85.7 Å². The first-order valence-electron chi connectivity index (χ1n) is 9.04. The van der Waals surface area contributed by atoms with Crippen LogP contribution >= 0.6 is 0 Å². The molecule has 1 aliphatic rings. The monoisotopic (exact) mass is 394 g/mol. The zero-order chi connectivity index (χ0) is 19.3. The summed E-state index contributed by atoms with van der Waals surface area (Å²) in [6.07, 6.45) is 3.51. The Morgan fingerprint density at radius 2 is 2.04 bits per heavy atom. The minimum absolute atomic E-state index is 0.251. The van der Waals surface area contributed by atoms with E-state index in [1.54, 1.807) is 30.5 Å². The fourth-order valence-electron chi connectivity index (χ4n) is 3.10. The Hall–Kier alpha value is -1.94. The number of hydrogen-bond acceptors (Lipinski definition) is 6. The lowest BCUT2D eigenvalue weighted by Crippen LogP contribution is -2.49. The number of piperazine rings is 1. The van der Waals surface area contributed by atoms with E-state index in [-0.39, 0.29) is 10.9 Å². The maximum atomic E-state index is 13.2.